The molecule has 226 valence electrons. The van der Waals surface area contributed by atoms with E-state index in [1.807, 2.05) is 42.5 Å². The van der Waals surface area contributed by atoms with E-state index in [9.17, 15) is 10.5 Å². The van der Waals surface area contributed by atoms with E-state index in [1.54, 1.807) is 11.3 Å². The fraction of sp³-hybridized carbons (Fsp3) is 0. The molecule has 0 unspecified atom stereocenters. The number of hydrogen-bond donors (Lipinski definition) is 0. The summed E-state index contributed by atoms with van der Waals surface area (Å²) in [6, 6.07) is 55.2. The first kappa shape index (κ1) is 27.5. The van der Waals surface area contributed by atoms with E-state index in [2.05, 4.69) is 124 Å². The Morgan fingerprint density at radius 1 is 0.429 bits per heavy atom. The van der Waals surface area contributed by atoms with Gasteiger partial charge in [-0.1, -0.05) is 84.9 Å². The number of rotatable bonds is 3. The second-order valence-electron chi connectivity index (χ2n) is 12.3. The fourth-order valence-electron chi connectivity index (χ4n) is 7.73. The number of hydrogen-bond acceptors (Lipinski definition) is 3. The molecule has 0 bridgehead atoms. The molecule has 7 aromatic carbocycles. The van der Waals surface area contributed by atoms with Crippen LogP contribution in [0.15, 0.2) is 146 Å². The minimum absolute atomic E-state index is 0.510. The maximum atomic E-state index is 10.7. The zero-order chi connectivity index (χ0) is 32.6. The quantitative estimate of drug-likeness (QED) is 0.193. The summed E-state index contributed by atoms with van der Waals surface area (Å²) in [4.78, 5) is 0. The van der Waals surface area contributed by atoms with Gasteiger partial charge in [0, 0.05) is 58.5 Å². The van der Waals surface area contributed by atoms with Crippen molar-refractivity contribution in [1.29, 1.82) is 10.5 Å². The summed E-state index contributed by atoms with van der Waals surface area (Å²) in [6.45, 7) is 0. The monoisotopic (exact) mass is 640 g/mol. The van der Waals surface area contributed by atoms with E-state index >= 15 is 0 Å². The zero-order valence-electron chi connectivity index (χ0n) is 26.1. The molecule has 0 aliphatic carbocycles. The van der Waals surface area contributed by atoms with Crippen molar-refractivity contribution in [1.82, 2.24) is 9.13 Å². The van der Waals surface area contributed by atoms with Gasteiger partial charge in [0.1, 0.15) is 0 Å². The van der Waals surface area contributed by atoms with Crippen LogP contribution >= 0.6 is 11.3 Å². The number of fused-ring (bicyclic) bond motifs is 9. The molecule has 0 atom stereocenters. The van der Waals surface area contributed by atoms with Crippen molar-refractivity contribution in [2.45, 2.75) is 0 Å². The highest BCUT2D eigenvalue weighted by molar-refractivity contribution is 7.25. The highest BCUT2D eigenvalue weighted by Crippen LogP contribution is 2.42. The second-order valence-corrected chi connectivity index (χ2v) is 13.4. The third-order valence-electron chi connectivity index (χ3n) is 9.81. The van der Waals surface area contributed by atoms with Gasteiger partial charge < -0.3 is 9.13 Å². The molecule has 4 nitrogen and oxygen atoms in total. The first-order valence-electron chi connectivity index (χ1n) is 16.1. The summed E-state index contributed by atoms with van der Waals surface area (Å²) in [7, 11) is 0. The molecular weight excluding hydrogens is 617 g/mol. The van der Waals surface area contributed by atoms with Crippen molar-refractivity contribution in [2.24, 2.45) is 0 Å². The molecule has 0 aliphatic heterocycles. The van der Waals surface area contributed by atoms with E-state index in [1.165, 1.54) is 30.9 Å². The van der Waals surface area contributed by atoms with Crippen molar-refractivity contribution in [3.05, 3.63) is 157 Å². The predicted molar refractivity (Wildman–Crippen MR) is 203 cm³/mol. The molecule has 49 heavy (non-hydrogen) atoms. The van der Waals surface area contributed by atoms with Gasteiger partial charge in [-0.3, -0.25) is 0 Å². The van der Waals surface area contributed by atoms with Gasteiger partial charge in [0.2, 0.25) is 0 Å². The maximum Gasteiger partial charge on any atom is 0.0998 e. The normalized spacial score (nSPS) is 11.6. The molecule has 0 fully saturated rings. The van der Waals surface area contributed by atoms with Crippen LogP contribution in [0.25, 0.3) is 86.3 Å². The molecule has 0 aliphatic rings. The largest absolute Gasteiger partial charge is 0.309 e. The van der Waals surface area contributed by atoms with Crippen molar-refractivity contribution >= 4 is 75.1 Å². The van der Waals surface area contributed by atoms with Gasteiger partial charge in [-0.25, -0.2) is 0 Å². The minimum Gasteiger partial charge on any atom is -0.309 e. The highest BCUT2D eigenvalue weighted by Gasteiger charge is 2.21. The zero-order valence-corrected chi connectivity index (χ0v) is 26.9. The Balaban J connectivity index is 1.24. The molecule has 0 radical (unpaired) electrons. The van der Waals surface area contributed by atoms with Crippen molar-refractivity contribution in [3.8, 4) is 34.6 Å². The molecule has 3 aromatic heterocycles. The van der Waals surface area contributed by atoms with E-state index in [0.717, 1.165) is 55.3 Å². The average molecular weight is 641 g/mol. The lowest BCUT2D eigenvalue weighted by molar-refractivity contribution is 1.17. The summed E-state index contributed by atoms with van der Waals surface area (Å²) in [5.74, 6) is 0. The molecule has 3 heterocycles. The molecule has 0 saturated carbocycles. The predicted octanol–water partition coefficient (Wildman–Crippen LogP) is 11.7. The molecule has 0 N–H and O–H groups in total. The SMILES string of the molecule is N#Cc1cc(-n2c3ccccc3c3cc4c(cc32)sc2ccccc24)ccc1-c1c(C#N)cccc1-n1c2ccccc2c2ccccc21. The molecule has 0 spiro atoms. The Kier molecular flexibility index (Phi) is 5.84. The Hall–Kier alpha value is -6.66. The first-order chi connectivity index (χ1) is 24.2. The van der Waals surface area contributed by atoms with Gasteiger partial charge in [0.05, 0.1) is 51.0 Å². The Morgan fingerprint density at radius 2 is 1.04 bits per heavy atom. The van der Waals surface area contributed by atoms with Crippen molar-refractivity contribution < 1.29 is 0 Å². The third-order valence-corrected chi connectivity index (χ3v) is 10.9. The maximum absolute atomic E-state index is 10.7. The lowest BCUT2D eigenvalue weighted by Gasteiger charge is -2.17. The van der Waals surface area contributed by atoms with Gasteiger partial charge in [0.25, 0.3) is 0 Å². The average Bonchev–Trinajstić information content (AvgIpc) is 3.80. The molecule has 10 rings (SSSR count). The summed E-state index contributed by atoms with van der Waals surface area (Å²) in [5, 5.41) is 28.3. The van der Waals surface area contributed by atoms with Gasteiger partial charge in [-0.2, -0.15) is 10.5 Å². The molecule has 0 amide bonds. The van der Waals surface area contributed by atoms with Crippen LogP contribution in [0.5, 0.6) is 0 Å². The smallest absolute Gasteiger partial charge is 0.0998 e. The summed E-state index contributed by atoms with van der Waals surface area (Å²) >= 11 is 1.80. The van der Waals surface area contributed by atoms with Crippen LogP contribution in [-0.4, -0.2) is 9.13 Å². The number of para-hydroxylation sites is 3. The number of aromatic nitrogens is 2. The molecular formula is C44H24N4S. The Labute approximate surface area is 285 Å². The minimum atomic E-state index is 0.510. The van der Waals surface area contributed by atoms with E-state index in [-0.39, 0.29) is 0 Å². The summed E-state index contributed by atoms with van der Waals surface area (Å²) in [6.07, 6.45) is 0. The van der Waals surface area contributed by atoms with Crippen molar-refractivity contribution in [2.75, 3.05) is 0 Å². The second kappa shape index (κ2) is 10.4. The lowest BCUT2D eigenvalue weighted by atomic mass is 9.93. The third kappa shape index (κ3) is 3.88. The summed E-state index contributed by atoms with van der Waals surface area (Å²) < 4.78 is 6.99. The topological polar surface area (TPSA) is 57.4 Å². The fourth-order valence-corrected chi connectivity index (χ4v) is 8.85. The first-order valence-corrected chi connectivity index (χ1v) is 17.0. The van der Waals surface area contributed by atoms with Crippen LogP contribution in [-0.2, 0) is 0 Å². The van der Waals surface area contributed by atoms with Crippen LogP contribution in [0.1, 0.15) is 11.1 Å². The van der Waals surface area contributed by atoms with Crippen LogP contribution in [0.2, 0.25) is 0 Å². The molecule has 0 saturated heterocycles. The Morgan fingerprint density at radius 3 is 1.73 bits per heavy atom. The molecule has 10 aromatic rings. The van der Waals surface area contributed by atoms with E-state index in [0.29, 0.717) is 11.1 Å². The summed E-state index contributed by atoms with van der Waals surface area (Å²) in [5.41, 5.74) is 8.55. The highest BCUT2D eigenvalue weighted by atomic mass is 32.1. The number of nitriles is 2. The number of benzene rings is 7. The van der Waals surface area contributed by atoms with Crippen LogP contribution in [0.4, 0.5) is 0 Å². The van der Waals surface area contributed by atoms with Gasteiger partial charge in [0.15, 0.2) is 0 Å². The van der Waals surface area contributed by atoms with Gasteiger partial charge >= 0.3 is 0 Å². The van der Waals surface area contributed by atoms with Crippen molar-refractivity contribution in [3.63, 3.8) is 0 Å². The van der Waals surface area contributed by atoms with Gasteiger partial charge in [-0.15, -0.1) is 11.3 Å². The van der Waals surface area contributed by atoms with Crippen LogP contribution < -0.4 is 0 Å². The lowest BCUT2D eigenvalue weighted by Crippen LogP contribution is -2.02. The van der Waals surface area contributed by atoms with Gasteiger partial charge in [-0.05, 0) is 60.7 Å². The van der Waals surface area contributed by atoms with Crippen LogP contribution in [0, 0.1) is 22.7 Å². The number of nitrogens with zero attached hydrogens (tertiary/aromatic N) is 4. The van der Waals surface area contributed by atoms with Crippen LogP contribution in [0.3, 0.4) is 0 Å². The number of thiophene rings is 1. The molecule has 5 heteroatoms. The van der Waals surface area contributed by atoms with E-state index < -0.39 is 0 Å². The standard InChI is InChI=1S/C44H24N4S/c45-25-27-10-9-18-40(48-38-16-6-1-11-31(38)32-12-2-7-17-39(32)48)44(27)30-21-20-29(22-28(30)26-46)47-37-15-5-3-13-33(37)35-23-36-34-14-4-8-19-42(34)49-43(36)24-41(35)47/h1-24H. The van der Waals surface area contributed by atoms with E-state index in [4.69, 9.17) is 0 Å². The Bertz CT molecular complexity index is 3030.